The second-order valence-electron chi connectivity index (χ2n) is 4.40. The van der Waals surface area contributed by atoms with Crippen molar-refractivity contribution in [3.63, 3.8) is 0 Å². The monoisotopic (exact) mass is 261 g/mol. The van der Waals surface area contributed by atoms with Gasteiger partial charge in [-0.1, -0.05) is 12.1 Å². The topological polar surface area (TPSA) is 63.7 Å². The summed E-state index contributed by atoms with van der Waals surface area (Å²) in [6.45, 7) is 0.862. The number of piperidine rings is 1. The Labute approximate surface area is 111 Å². The molecular formula is C14H15NO4. The molecule has 0 atom stereocenters. The minimum atomic E-state index is -0.135. The fraction of sp³-hybridized carbons (Fsp3) is 0.357. The van der Waals surface area contributed by atoms with Gasteiger partial charge in [0.05, 0.1) is 0 Å². The minimum absolute atomic E-state index is 0.0729. The Bertz CT molecular complexity index is 488. The summed E-state index contributed by atoms with van der Waals surface area (Å²) in [5.41, 5.74) is 0.508. The van der Waals surface area contributed by atoms with Crippen LogP contribution in [-0.4, -0.2) is 42.6 Å². The van der Waals surface area contributed by atoms with Gasteiger partial charge in [-0.25, -0.2) is 0 Å². The predicted molar refractivity (Wildman–Crippen MR) is 68.1 cm³/mol. The molecule has 1 aromatic carbocycles. The van der Waals surface area contributed by atoms with Gasteiger partial charge in [0.1, 0.15) is 17.8 Å². The molecule has 1 saturated heterocycles. The number of ether oxygens (including phenoxy) is 1. The summed E-state index contributed by atoms with van der Waals surface area (Å²) < 4.78 is 5.36. The highest BCUT2D eigenvalue weighted by atomic mass is 16.5. The van der Waals surface area contributed by atoms with Crippen molar-refractivity contribution >= 4 is 18.0 Å². The van der Waals surface area contributed by atoms with Crippen molar-refractivity contribution < 1.29 is 19.1 Å². The normalized spacial score (nSPS) is 15.2. The Balaban J connectivity index is 1.86. The number of carbonyl (C=O) groups excluding carboxylic acids is 3. The molecular weight excluding hydrogens is 246 g/mol. The summed E-state index contributed by atoms with van der Waals surface area (Å²) in [5.74, 6) is 0.554. The maximum atomic E-state index is 11.9. The number of ketones is 1. The van der Waals surface area contributed by atoms with Gasteiger partial charge in [-0.05, 0) is 12.1 Å². The van der Waals surface area contributed by atoms with Crippen LogP contribution in [0.4, 0.5) is 0 Å². The standard InChI is InChI=1S/C14H15NO4/c16-9-11-2-1-3-13(8-11)19-10-14(18)15-6-4-12(17)5-7-15/h1-3,8-9H,4-7,10H2. The van der Waals surface area contributed by atoms with Crippen LogP contribution in [0.5, 0.6) is 5.75 Å². The van der Waals surface area contributed by atoms with E-state index in [2.05, 4.69) is 0 Å². The molecule has 1 fully saturated rings. The molecule has 2 rings (SSSR count). The lowest BCUT2D eigenvalue weighted by Gasteiger charge is -2.25. The number of hydrogen-bond donors (Lipinski definition) is 0. The average molecular weight is 261 g/mol. The molecule has 1 aromatic rings. The molecule has 1 amide bonds. The van der Waals surface area contributed by atoms with Crippen LogP contribution >= 0.6 is 0 Å². The molecule has 19 heavy (non-hydrogen) atoms. The van der Waals surface area contributed by atoms with Crippen molar-refractivity contribution in [2.75, 3.05) is 19.7 Å². The molecule has 0 radical (unpaired) electrons. The Hall–Kier alpha value is -2.17. The zero-order chi connectivity index (χ0) is 13.7. The smallest absolute Gasteiger partial charge is 0.260 e. The number of Topliss-reactive ketones (excluding diaryl/α,β-unsaturated/α-hetero) is 1. The first-order chi connectivity index (χ1) is 9.19. The molecule has 1 aliphatic heterocycles. The van der Waals surface area contributed by atoms with Crippen LogP contribution in [-0.2, 0) is 9.59 Å². The summed E-state index contributed by atoms with van der Waals surface area (Å²) in [4.78, 5) is 35.2. The van der Waals surface area contributed by atoms with Crippen LogP contribution in [0.2, 0.25) is 0 Å². The molecule has 0 aliphatic carbocycles. The Morgan fingerprint density at radius 1 is 1.32 bits per heavy atom. The number of aldehydes is 1. The highest BCUT2D eigenvalue weighted by molar-refractivity contribution is 5.84. The molecule has 100 valence electrons. The van der Waals surface area contributed by atoms with Crippen LogP contribution in [0, 0.1) is 0 Å². The Morgan fingerprint density at radius 2 is 2.05 bits per heavy atom. The van der Waals surface area contributed by atoms with Crippen molar-refractivity contribution in [3.8, 4) is 5.75 Å². The number of carbonyl (C=O) groups is 3. The Morgan fingerprint density at radius 3 is 2.74 bits per heavy atom. The van der Waals surface area contributed by atoms with E-state index in [4.69, 9.17) is 4.74 Å². The highest BCUT2D eigenvalue weighted by Gasteiger charge is 2.20. The van der Waals surface area contributed by atoms with E-state index in [9.17, 15) is 14.4 Å². The maximum Gasteiger partial charge on any atom is 0.260 e. The van der Waals surface area contributed by atoms with E-state index in [1.807, 2.05) is 0 Å². The fourth-order valence-corrected chi connectivity index (χ4v) is 1.92. The van der Waals surface area contributed by atoms with Crippen molar-refractivity contribution in [1.29, 1.82) is 0 Å². The maximum absolute atomic E-state index is 11.9. The van der Waals surface area contributed by atoms with E-state index in [1.54, 1.807) is 29.2 Å². The SMILES string of the molecule is O=Cc1cccc(OCC(=O)N2CCC(=O)CC2)c1. The van der Waals surface area contributed by atoms with E-state index in [1.165, 1.54) is 0 Å². The Kier molecular flexibility index (Phi) is 4.28. The van der Waals surface area contributed by atoms with E-state index in [0.29, 0.717) is 37.2 Å². The third-order valence-corrected chi connectivity index (χ3v) is 3.03. The van der Waals surface area contributed by atoms with Crippen LogP contribution in [0.25, 0.3) is 0 Å². The molecule has 1 heterocycles. The zero-order valence-electron chi connectivity index (χ0n) is 10.5. The molecule has 0 spiro atoms. The number of likely N-dealkylation sites (tertiary alicyclic amines) is 1. The van der Waals surface area contributed by atoms with Gasteiger partial charge in [-0.2, -0.15) is 0 Å². The van der Waals surface area contributed by atoms with Crippen LogP contribution < -0.4 is 4.74 Å². The third kappa shape index (κ3) is 3.64. The van der Waals surface area contributed by atoms with E-state index >= 15 is 0 Å². The number of benzene rings is 1. The quantitative estimate of drug-likeness (QED) is 0.760. The summed E-state index contributed by atoms with van der Waals surface area (Å²) in [6.07, 6.45) is 1.57. The lowest BCUT2D eigenvalue weighted by molar-refractivity contribution is -0.136. The number of hydrogen-bond acceptors (Lipinski definition) is 4. The predicted octanol–water partition coefficient (Wildman–Crippen LogP) is 1.07. The molecule has 5 heteroatoms. The molecule has 0 saturated carbocycles. The van der Waals surface area contributed by atoms with E-state index in [0.717, 1.165) is 6.29 Å². The van der Waals surface area contributed by atoms with Gasteiger partial charge < -0.3 is 9.64 Å². The van der Waals surface area contributed by atoms with Crippen LogP contribution in [0.15, 0.2) is 24.3 Å². The van der Waals surface area contributed by atoms with Gasteiger partial charge in [-0.15, -0.1) is 0 Å². The van der Waals surface area contributed by atoms with Crippen molar-refractivity contribution in [2.45, 2.75) is 12.8 Å². The number of rotatable bonds is 4. The largest absolute Gasteiger partial charge is 0.484 e. The highest BCUT2D eigenvalue weighted by Crippen LogP contribution is 2.12. The number of amides is 1. The van der Waals surface area contributed by atoms with E-state index < -0.39 is 0 Å². The second kappa shape index (κ2) is 6.13. The average Bonchev–Trinajstić information content (AvgIpc) is 2.46. The first-order valence-electron chi connectivity index (χ1n) is 6.16. The zero-order valence-corrected chi connectivity index (χ0v) is 10.5. The van der Waals surface area contributed by atoms with Crippen LogP contribution in [0.3, 0.4) is 0 Å². The van der Waals surface area contributed by atoms with Gasteiger partial charge in [0, 0.05) is 31.5 Å². The molecule has 0 aromatic heterocycles. The third-order valence-electron chi connectivity index (χ3n) is 3.03. The lowest BCUT2D eigenvalue weighted by atomic mass is 10.1. The van der Waals surface area contributed by atoms with Crippen molar-refractivity contribution in [1.82, 2.24) is 4.90 Å². The lowest BCUT2D eigenvalue weighted by Crippen LogP contribution is -2.41. The van der Waals surface area contributed by atoms with Gasteiger partial charge in [0.2, 0.25) is 0 Å². The van der Waals surface area contributed by atoms with E-state index in [-0.39, 0.29) is 18.3 Å². The van der Waals surface area contributed by atoms with Gasteiger partial charge >= 0.3 is 0 Å². The van der Waals surface area contributed by atoms with Gasteiger partial charge in [0.25, 0.3) is 5.91 Å². The minimum Gasteiger partial charge on any atom is -0.484 e. The molecule has 5 nitrogen and oxygen atoms in total. The first-order valence-corrected chi connectivity index (χ1v) is 6.16. The molecule has 0 N–H and O–H groups in total. The summed E-state index contributed by atoms with van der Waals surface area (Å²) in [6, 6.07) is 6.64. The molecule has 0 unspecified atom stereocenters. The summed E-state index contributed by atoms with van der Waals surface area (Å²) >= 11 is 0. The summed E-state index contributed by atoms with van der Waals surface area (Å²) in [7, 11) is 0. The van der Waals surface area contributed by atoms with Crippen LogP contribution in [0.1, 0.15) is 23.2 Å². The first kappa shape index (κ1) is 13.3. The number of nitrogens with zero attached hydrogens (tertiary/aromatic N) is 1. The van der Waals surface area contributed by atoms with Crippen molar-refractivity contribution in [2.24, 2.45) is 0 Å². The molecule has 0 bridgehead atoms. The van der Waals surface area contributed by atoms with Gasteiger partial charge in [0.15, 0.2) is 6.61 Å². The molecule has 1 aliphatic rings. The summed E-state index contributed by atoms with van der Waals surface area (Å²) in [5, 5.41) is 0. The second-order valence-corrected chi connectivity index (χ2v) is 4.40. The van der Waals surface area contributed by atoms with Gasteiger partial charge in [-0.3, -0.25) is 14.4 Å². The van der Waals surface area contributed by atoms with Crippen molar-refractivity contribution in [3.05, 3.63) is 29.8 Å². The fourth-order valence-electron chi connectivity index (χ4n) is 1.92.